The molecule has 0 aromatic heterocycles. The van der Waals surface area contributed by atoms with Crippen molar-refractivity contribution in [1.82, 2.24) is 0 Å². The van der Waals surface area contributed by atoms with Crippen LogP contribution in [-0.2, 0) is 0 Å². The van der Waals surface area contributed by atoms with Gasteiger partial charge < -0.3 is 15.2 Å². The van der Waals surface area contributed by atoms with Crippen molar-refractivity contribution in [3.63, 3.8) is 0 Å². The monoisotopic (exact) mass is 361 g/mol. The number of halogens is 4. The molecule has 2 rings (SSSR count). The van der Waals surface area contributed by atoms with Crippen molar-refractivity contribution in [3.05, 3.63) is 59.7 Å². The highest BCUT2D eigenvalue weighted by Crippen LogP contribution is 2.27. The van der Waals surface area contributed by atoms with Crippen molar-refractivity contribution < 1.29 is 32.6 Å². The molecular formula is C15H11ClF3NO4. The van der Waals surface area contributed by atoms with Crippen molar-refractivity contribution >= 4 is 30.0 Å². The van der Waals surface area contributed by atoms with Gasteiger partial charge in [-0.05, 0) is 30.3 Å². The molecule has 9 heteroatoms. The molecule has 0 saturated carbocycles. The Hall–Kier alpha value is -2.74. The smallest absolute Gasteiger partial charge is 0.478 e. The summed E-state index contributed by atoms with van der Waals surface area (Å²) in [4.78, 5) is 23.0. The SMILES string of the molecule is Cl.O=C(O)c1cccc(NC(=O)c2ccccc2OC(F)(F)F)c1. The fourth-order valence-electron chi connectivity index (χ4n) is 1.80. The lowest BCUT2D eigenvalue weighted by molar-refractivity contribution is -0.274. The number of para-hydroxylation sites is 1. The van der Waals surface area contributed by atoms with Crippen LogP contribution in [0, 0.1) is 0 Å². The number of ether oxygens (including phenoxy) is 1. The summed E-state index contributed by atoms with van der Waals surface area (Å²) >= 11 is 0. The molecule has 0 saturated heterocycles. The van der Waals surface area contributed by atoms with Crippen LogP contribution in [0.5, 0.6) is 5.75 Å². The Morgan fingerprint density at radius 1 is 1.04 bits per heavy atom. The number of amides is 1. The van der Waals surface area contributed by atoms with Crippen LogP contribution in [0.1, 0.15) is 20.7 Å². The highest BCUT2D eigenvalue weighted by Gasteiger charge is 2.32. The van der Waals surface area contributed by atoms with Gasteiger partial charge in [0, 0.05) is 5.69 Å². The van der Waals surface area contributed by atoms with Crippen LogP contribution in [0.3, 0.4) is 0 Å². The van der Waals surface area contributed by atoms with Crippen molar-refractivity contribution in [3.8, 4) is 5.75 Å². The molecule has 0 aliphatic heterocycles. The van der Waals surface area contributed by atoms with Gasteiger partial charge in [0.1, 0.15) is 5.75 Å². The second kappa shape index (κ2) is 7.69. The van der Waals surface area contributed by atoms with Gasteiger partial charge in [-0.25, -0.2) is 4.79 Å². The predicted molar refractivity (Wildman–Crippen MR) is 81.7 cm³/mol. The fourth-order valence-corrected chi connectivity index (χ4v) is 1.80. The number of carbonyl (C=O) groups is 2. The Labute approximate surface area is 140 Å². The summed E-state index contributed by atoms with van der Waals surface area (Å²) in [6, 6.07) is 10.2. The molecule has 0 heterocycles. The van der Waals surface area contributed by atoms with E-state index in [9.17, 15) is 22.8 Å². The zero-order valence-corrected chi connectivity index (χ0v) is 12.6. The second-order valence-electron chi connectivity index (χ2n) is 4.38. The molecule has 0 bridgehead atoms. The third-order valence-corrected chi connectivity index (χ3v) is 2.72. The van der Waals surface area contributed by atoms with Crippen LogP contribution >= 0.6 is 12.4 Å². The Morgan fingerprint density at radius 2 is 1.71 bits per heavy atom. The standard InChI is InChI=1S/C15H10F3NO4.ClH/c16-15(17,18)23-12-7-2-1-6-11(12)13(20)19-10-5-3-4-9(8-10)14(21)22;/h1-8H,(H,19,20)(H,21,22);1H. The number of benzene rings is 2. The Bertz CT molecular complexity index is 749. The molecule has 5 nitrogen and oxygen atoms in total. The van der Waals surface area contributed by atoms with Gasteiger partial charge in [0.2, 0.25) is 0 Å². The van der Waals surface area contributed by atoms with E-state index in [1.165, 1.54) is 36.4 Å². The van der Waals surface area contributed by atoms with Gasteiger partial charge in [-0.3, -0.25) is 4.79 Å². The number of nitrogens with one attached hydrogen (secondary N) is 1. The van der Waals surface area contributed by atoms with Crippen LogP contribution in [-0.4, -0.2) is 23.3 Å². The van der Waals surface area contributed by atoms with Gasteiger partial charge in [-0.15, -0.1) is 25.6 Å². The van der Waals surface area contributed by atoms with Crippen LogP contribution in [0.15, 0.2) is 48.5 Å². The molecule has 24 heavy (non-hydrogen) atoms. The van der Waals surface area contributed by atoms with E-state index in [1.807, 2.05) is 0 Å². The van der Waals surface area contributed by atoms with Gasteiger partial charge >= 0.3 is 12.3 Å². The number of alkyl halides is 3. The maximum absolute atomic E-state index is 12.3. The van der Waals surface area contributed by atoms with Crippen LogP contribution < -0.4 is 10.1 Å². The fraction of sp³-hybridized carbons (Fsp3) is 0.0667. The lowest BCUT2D eigenvalue weighted by atomic mass is 10.1. The average molecular weight is 362 g/mol. The molecule has 0 atom stereocenters. The minimum Gasteiger partial charge on any atom is -0.478 e. The van der Waals surface area contributed by atoms with Gasteiger partial charge in [0.25, 0.3) is 5.91 Å². The molecule has 0 aliphatic carbocycles. The largest absolute Gasteiger partial charge is 0.573 e. The molecule has 0 spiro atoms. The third-order valence-electron chi connectivity index (χ3n) is 2.72. The summed E-state index contributed by atoms with van der Waals surface area (Å²) in [6.45, 7) is 0. The van der Waals surface area contributed by atoms with Crippen molar-refractivity contribution in [2.24, 2.45) is 0 Å². The van der Waals surface area contributed by atoms with Gasteiger partial charge in [0.05, 0.1) is 11.1 Å². The Balaban J connectivity index is 0.00000288. The molecular weight excluding hydrogens is 351 g/mol. The minimum atomic E-state index is -4.93. The van der Waals surface area contributed by atoms with E-state index in [0.29, 0.717) is 0 Å². The van der Waals surface area contributed by atoms with E-state index in [-0.39, 0.29) is 29.2 Å². The third kappa shape index (κ3) is 5.17. The number of aromatic carboxylic acids is 1. The molecule has 1 amide bonds. The van der Waals surface area contributed by atoms with Crippen LogP contribution in [0.4, 0.5) is 18.9 Å². The Kier molecular flexibility index (Phi) is 6.19. The average Bonchev–Trinajstić information content (AvgIpc) is 2.46. The minimum absolute atomic E-state index is 0. The molecule has 0 unspecified atom stereocenters. The summed E-state index contributed by atoms with van der Waals surface area (Å²) in [5.41, 5.74) is -0.259. The lowest BCUT2D eigenvalue weighted by Gasteiger charge is -2.13. The number of carbonyl (C=O) groups excluding carboxylic acids is 1. The van der Waals surface area contributed by atoms with Gasteiger partial charge in [-0.1, -0.05) is 18.2 Å². The molecule has 0 fully saturated rings. The predicted octanol–water partition coefficient (Wildman–Crippen LogP) is 3.96. The van der Waals surface area contributed by atoms with E-state index in [2.05, 4.69) is 10.1 Å². The van der Waals surface area contributed by atoms with Gasteiger partial charge in [0.15, 0.2) is 0 Å². The van der Waals surface area contributed by atoms with E-state index in [4.69, 9.17) is 5.11 Å². The highest BCUT2D eigenvalue weighted by molar-refractivity contribution is 6.06. The quantitative estimate of drug-likeness (QED) is 0.864. The maximum atomic E-state index is 12.3. The summed E-state index contributed by atoms with van der Waals surface area (Å²) in [6.07, 6.45) is -4.93. The molecule has 2 aromatic rings. The zero-order chi connectivity index (χ0) is 17.0. The lowest BCUT2D eigenvalue weighted by Crippen LogP contribution is -2.20. The first-order chi connectivity index (χ1) is 10.8. The topological polar surface area (TPSA) is 75.6 Å². The first-order valence-electron chi connectivity index (χ1n) is 6.26. The molecule has 0 radical (unpaired) electrons. The maximum Gasteiger partial charge on any atom is 0.573 e. The first-order valence-corrected chi connectivity index (χ1v) is 6.26. The van der Waals surface area contributed by atoms with Crippen LogP contribution in [0.2, 0.25) is 0 Å². The molecule has 2 aromatic carbocycles. The number of hydrogen-bond acceptors (Lipinski definition) is 3. The number of carboxylic acids is 1. The van der Waals surface area contributed by atoms with E-state index in [1.54, 1.807) is 0 Å². The highest BCUT2D eigenvalue weighted by atomic mass is 35.5. The van der Waals surface area contributed by atoms with Crippen molar-refractivity contribution in [2.75, 3.05) is 5.32 Å². The van der Waals surface area contributed by atoms with E-state index >= 15 is 0 Å². The first kappa shape index (κ1) is 19.3. The second-order valence-corrected chi connectivity index (χ2v) is 4.38. The molecule has 128 valence electrons. The van der Waals surface area contributed by atoms with Crippen molar-refractivity contribution in [2.45, 2.75) is 6.36 Å². The van der Waals surface area contributed by atoms with E-state index in [0.717, 1.165) is 12.1 Å². The number of hydrogen-bond donors (Lipinski definition) is 2. The molecule has 2 N–H and O–H groups in total. The van der Waals surface area contributed by atoms with E-state index < -0.39 is 24.0 Å². The summed E-state index contributed by atoms with van der Waals surface area (Å²) in [5.74, 6) is -2.69. The van der Waals surface area contributed by atoms with Gasteiger partial charge in [-0.2, -0.15) is 0 Å². The zero-order valence-electron chi connectivity index (χ0n) is 11.8. The normalized spacial score (nSPS) is 10.5. The number of carboxylic acid groups (broad SMARTS) is 1. The van der Waals surface area contributed by atoms with Crippen molar-refractivity contribution in [1.29, 1.82) is 0 Å². The number of anilines is 1. The number of rotatable bonds is 4. The Morgan fingerprint density at radius 3 is 2.33 bits per heavy atom. The summed E-state index contributed by atoms with van der Waals surface area (Å²) in [7, 11) is 0. The molecule has 0 aliphatic rings. The van der Waals surface area contributed by atoms with Crippen LogP contribution in [0.25, 0.3) is 0 Å². The summed E-state index contributed by atoms with van der Waals surface area (Å²) in [5, 5.41) is 11.2. The summed E-state index contributed by atoms with van der Waals surface area (Å²) < 4.78 is 40.8.